The van der Waals surface area contributed by atoms with E-state index in [1.165, 1.54) is 27.9 Å². The summed E-state index contributed by atoms with van der Waals surface area (Å²) in [6.07, 6.45) is 6.40. The van der Waals surface area contributed by atoms with Crippen molar-refractivity contribution in [2.75, 3.05) is 0 Å². The lowest BCUT2D eigenvalue weighted by atomic mass is 10.1. The molecule has 1 aromatic carbocycles. The summed E-state index contributed by atoms with van der Waals surface area (Å²) in [7, 11) is 2.06. The van der Waals surface area contributed by atoms with Crippen molar-refractivity contribution in [2.24, 2.45) is 7.05 Å². The molecule has 0 radical (unpaired) electrons. The van der Waals surface area contributed by atoms with E-state index < -0.39 is 0 Å². The number of rotatable bonds is 2. The third kappa shape index (κ3) is 2.17. The average Bonchev–Trinajstić information content (AvgIpc) is 2.74. The van der Waals surface area contributed by atoms with E-state index in [2.05, 4.69) is 78.3 Å². The van der Waals surface area contributed by atoms with Crippen molar-refractivity contribution in [3.63, 3.8) is 0 Å². The van der Waals surface area contributed by atoms with E-state index in [9.17, 15) is 0 Å². The van der Waals surface area contributed by atoms with Crippen molar-refractivity contribution in [2.45, 2.75) is 6.92 Å². The Balaban J connectivity index is 2.06. The molecule has 0 aliphatic rings. The van der Waals surface area contributed by atoms with Gasteiger partial charge in [-0.2, -0.15) is 0 Å². The first-order chi connectivity index (χ1) is 9.25. The van der Waals surface area contributed by atoms with Gasteiger partial charge < -0.3 is 4.98 Å². The number of fused-ring (bicyclic) bond motifs is 1. The zero-order chi connectivity index (χ0) is 13.2. The fourth-order valence-electron chi connectivity index (χ4n) is 2.39. The topological polar surface area (TPSA) is 19.7 Å². The van der Waals surface area contributed by atoms with Gasteiger partial charge >= 0.3 is 0 Å². The highest BCUT2D eigenvalue weighted by atomic mass is 14.9. The number of nitrogens with zero attached hydrogens (tertiary/aromatic N) is 1. The van der Waals surface area contributed by atoms with Gasteiger partial charge in [0.15, 0.2) is 6.20 Å². The SMILES string of the molecule is Cc1[nH]c2ccccc2c1C=Cc1cccc[n+]1C. The van der Waals surface area contributed by atoms with Crippen LogP contribution in [-0.4, -0.2) is 4.98 Å². The molecule has 94 valence electrons. The summed E-state index contributed by atoms with van der Waals surface area (Å²) in [5.41, 5.74) is 4.85. The summed E-state index contributed by atoms with van der Waals surface area (Å²) in [4.78, 5) is 3.42. The number of H-pyrrole nitrogens is 1. The van der Waals surface area contributed by atoms with Crippen LogP contribution in [0.4, 0.5) is 0 Å². The number of hydrogen-bond donors (Lipinski definition) is 1. The Morgan fingerprint density at radius 3 is 2.63 bits per heavy atom. The summed E-state index contributed by atoms with van der Waals surface area (Å²) in [6, 6.07) is 14.6. The van der Waals surface area contributed by atoms with Gasteiger partial charge in [-0.3, -0.25) is 0 Å². The van der Waals surface area contributed by atoms with Crippen molar-refractivity contribution in [1.29, 1.82) is 0 Å². The monoisotopic (exact) mass is 249 g/mol. The number of hydrogen-bond acceptors (Lipinski definition) is 0. The number of benzene rings is 1. The van der Waals surface area contributed by atoms with Gasteiger partial charge in [0.25, 0.3) is 0 Å². The van der Waals surface area contributed by atoms with Crippen molar-refractivity contribution in [1.82, 2.24) is 4.98 Å². The van der Waals surface area contributed by atoms with E-state index in [1.54, 1.807) is 0 Å². The smallest absolute Gasteiger partial charge is 0.204 e. The van der Waals surface area contributed by atoms with Crippen LogP contribution >= 0.6 is 0 Å². The summed E-state index contributed by atoms with van der Waals surface area (Å²) in [6.45, 7) is 2.12. The molecule has 3 aromatic rings. The molecule has 0 spiro atoms. The molecule has 19 heavy (non-hydrogen) atoms. The largest absolute Gasteiger partial charge is 0.358 e. The molecule has 0 saturated carbocycles. The van der Waals surface area contributed by atoms with Crippen molar-refractivity contribution in [3.05, 3.63) is 65.6 Å². The Hall–Kier alpha value is -2.35. The highest BCUT2D eigenvalue weighted by Gasteiger charge is 2.05. The van der Waals surface area contributed by atoms with E-state index in [1.807, 2.05) is 6.07 Å². The van der Waals surface area contributed by atoms with Crippen LogP contribution < -0.4 is 4.57 Å². The van der Waals surface area contributed by atoms with Crippen LogP contribution in [0.5, 0.6) is 0 Å². The van der Waals surface area contributed by atoms with E-state index in [-0.39, 0.29) is 0 Å². The predicted molar refractivity (Wildman–Crippen MR) is 79.6 cm³/mol. The summed E-state index contributed by atoms with van der Waals surface area (Å²) >= 11 is 0. The molecular weight excluding hydrogens is 232 g/mol. The van der Waals surface area contributed by atoms with Crippen LogP contribution in [-0.2, 0) is 7.05 Å². The van der Waals surface area contributed by atoms with Crippen LogP contribution in [0.15, 0.2) is 48.7 Å². The Kier molecular flexibility index (Phi) is 2.92. The van der Waals surface area contributed by atoms with Gasteiger partial charge in [-0.05, 0) is 25.1 Å². The van der Waals surface area contributed by atoms with Crippen LogP contribution in [0.25, 0.3) is 23.1 Å². The lowest BCUT2D eigenvalue weighted by molar-refractivity contribution is -0.673. The fraction of sp³-hybridized carbons (Fsp3) is 0.118. The van der Waals surface area contributed by atoms with Gasteiger partial charge in [0.2, 0.25) is 5.69 Å². The van der Waals surface area contributed by atoms with E-state index in [0.29, 0.717) is 0 Å². The van der Waals surface area contributed by atoms with Gasteiger partial charge in [0.1, 0.15) is 7.05 Å². The Morgan fingerprint density at radius 1 is 1.00 bits per heavy atom. The molecule has 0 amide bonds. The first-order valence-corrected chi connectivity index (χ1v) is 6.46. The Morgan fingerprint density at radius 2 is 1.79 bits per heavy atom. The Labute approximate surface area is 113 Å². The van der Waals surface area contributed by atoms with Gasteiger partial charge in [-0.1, -0.05) is 18.2 Å². The molecule has 2 heterocycles. The number of aryl methyl sites for hydroxylation is 2. The van der Waals surface area contributed by atoms with Crippen molar-refractivity contribution < 1.29 is 4.57 Å². The number of para-hydroxylation sites is 1. The second-order valence-electron chi connectivity index (χ2n) is 4.78. The first kappa shape index (κ1) is 11.7. The van der Waals surface area contributed by atoms with E-state index >= 15 is 0 Å². The third-order valence-electron chi connectivity index (χ3n) is 3.46. The number of pyridine rings is 1. The lowest BCUT2D eigenvalue weighted by Crippen LogP contribution is -2.30. The van der Waals surface area contributed by atoms with Crippen LogP contribution in [0.3, 0.4) is 0 Å². The van der Waals surface area contributed by atoms with E-state index in [4.69, 9.17) is 0 Å². The molecule has 0 bridgehead atoms. The Bertz CT molecular complexity index is 751. The number of aromatic nitrogens is 2. The molecule has 0 fully saturated rings. The van der Waals surface area contributed by atoms with Crippen LogP contribution in [0.1, 0.15) is 17.0 Å². The van der Waals surface area contributed by atoms with Gasteiger partial charge in [0, 0.05) is 40.4 Å². The predicted octanol–water partition coefficient (Wildman–Crippen LogP) is 3.47. The maximum atomic E-state index is 3.42. The zero-order valence-corrected chi connectivity index (χ0v) is 11.2. The summed E-state index contributed by atoms with van der Waals surface area (Å²) in [5.74, 6) is 0. The van der Waals surface area contributed by atoms with Crippen molar-refractivity contribution >= 4 is 23.1 Å². The quantitative estimate of drug-likeness (QED) is 0.671. The molecule has 0 atom stereocenters. The first-order valence-electron chi connectivity index (χ1n) is 6.46. The van der Waals surface area contributed by atoms with Gasteiger partial charge in [-0.15, -0.1) is 0 Å². The molecular formula is C17H17N2+. The number of nitrogens with one attached hydrogen (secondary N) is 1. The molecule has 0 saturated heterocycles. The number of aromatic amines is 1. The third-order valence-corrected chi connectivity index (χ3v) is 3.46. The minimum absolute atomic E-state index is 1.19. The average molecular weight is 249 g/mol. The molecule has 1 N–H and O–H groups in total. The van der Waals surface area contributed by atoms with Crippen LogP contribution in [0, 0.1) is 6.92 Å². The second kappa shape index (κ2) is 4.73. The summed E-state index contributed by atoms with van der Waals surface area (Å²) < 4.78 is 2.11. The highest BCUT2D eigenvalue weighted by Crippen LogP contribution is 2.23. The van der Waals surface area contributed by atoms with Gasteiger partial charge in [0.05, 0.1) is 0 Å². The minimum atomic E-state index is 1.19. The second-order valence-corrected chi connectivity index (χ2v) is 4.78. The molecule has 2 aromatic heterocycles. The normalized spacial score (nSPS) is 11.5. The lowest BCUT2D eigenvalue weighted by Gasteiger charge is -1.94. The minimum Gasteiger partial charge on any atom is -0.358 e. The summed E-state index contributed by atoms with van der Waals surface area (Å²) in [5, 5.41) is 1.27. The molecule has 3 rings (SSSR count). The maximum absolute atomic E-state index is 3.42. The molecule has 2 heteroatoms. The van der Waals surface area contributed by atoms with E-state index in [0.717, 1.165) is 0 Å². The molecule has 0 unspecified atom stereocenters. The molecule has 0 aliphatic carbocycles. The maximum Gasteiger partial charge on any atom is 0.204 e. The molecule has 0 aliphatic heterocycles. The van der Waals surface area contributed by atoms with Gasteiger partial charge in [-0.25, -0.2) is 4.57 Å². The fourth-order valence-corrected chi connectivity index (χ4v) is 2.39. The van der Waals surface area contributed by atoms with Crippen molar-refractivity contribution in [3.8, 4) is 0 Å². The zero-order valence-electron chi connectivity index (χ0n) is 11.2. The standard InChI is InChI=1S/C17H16N2/c1-13-15(16-8-3-4-9-17(16)18-13)11-10-14-7-5-6-12-19(14)2/h3-12H,1-2H3/p+1. The van der Waals surface area contributed by atoms with Crippen LogP contribution in [0.2, 0.25) is 0 Å². The molecule has 2 nitrogen and oxygen atoms in total. The highest BCUT2D eigenvalue weighted by molar-refractivity contribution is 5.92.